The number of halogens is 1. The number of hydrogen-bond donors (Lipinski definition) is 0. The number of aryl methyl sites for hydroxylation is 1. The van der Waals surface area contributed by atoms with Gasteiger partial charge >= 0.3 is 5.97 Å². The smallest absolute Gasteiger partial charge is 0.357 e. The van der Waals surface area contributed by atoms with E-state index in [1.54, 1.807) is 6.92 Å². The lowest BCUT2D eigenvalue weighted by atomic mass is 10.0. The highest BCUT2D eigenvalue weighted by Gasteiger charge is 2.19. The predicted octanol–water partition coefficient (Wildman–Crippen LogP) is 4.04. The third kappa shape index (κ3) is 5.17. The molecular formula is C23H21FN6O3. The first-order chi connectivity index (χ1) is 15.9. The van der Waals surface area contributed by atoms with Gasteiger partial charge in [-0.1, -0.05) is 55.4 Å². The van der Waals surface area contributed by atoms with Gasteiger partial charge < -0.3 is 9.26 Å². The standard InChI is InChI=1S/C23H21FN6O3/c1-14(2)17-6-8-18(9-7-17)22-25-21(33-27-22)13-32-23(31)20(30-15(3)26-28-29-30)12-16-4-10-19(24)11-5-16/h4-12,14H,13H2,1-3H3. The Morgan fingerprint density at radius 2 is 1.88 bits per heavy atom. The Morgan fingerprint density at radius 3 is 2.52 bits per heavy atom. The molecule has 0 atom stereocenters. The first-order valence-corrected chi connectivity index (χ1v) is 10.2. The van der Waals surface area contributed by atoms with Gasteiger partial charge in [-0.05, 0) is 52.6 Å². The number of nitrogens with zero attached hydrogens (tertiary/aromatic N) is 6. The van der Waals surface area contributed by atoms with Crippen molar-refractivity contribution in [2.24, 2.45) is 0 Å². The molecule has 0 bridgehead atoms. The van der Waals surface area contributed by atoms with E-state index in [0.717, 1.165) is 5.56 Å². The van der Waals surface area contributed by atoms with E-state index in [1.807, 2.05) is 24.3 Å². The lowest BCUT2D eigenvalue weighted by molar-refractivity contribution is -0.139. The quantitative estimate of drug-likeness (QED) is 0.308. The van der Waals surface area contributed by atoms with Gasteiger partial charge in [-0.3, -0.25) is 0 Å². The van der Waals surface area contributed by atoms with Crippen molar-refractivity contribution in [3.63, 3.8) is 0 Å². The summed E-state index contributed by atoms with van der Waals surface area (Å²) in [5, 5.41) is 15.2. The Bertz CT molecular complexity index is 1280. The molecule has 0 aliphatic carbocycles. The second kappa shape index (κ2) is 9.51. The topological polar surface area (TPSA) is 109 Å². The maximum absolute atomic E-state index is 13.2. The summed E-state index contributed by atoms with van der Waals surface area (Å²) in [5.74, 6) is 0.234. The first kappa shape index (κ1) is 22.0. The third-order valence-corrected chi connectivity index (χ3v) is 4.87. The van der Waals surface area contributed by atoms with Crippen molar-refractivity contribution < 1.29 is 18.4 Å². The van der Waals surface area contributed by atoms with Gasteiger partial charge in [0.05, 0.1) is 0 Å². The minimum atomic E-state index is -0.712. The normalized spacial score (nSPS) is 11.7. The number of carbonyl (C=O) groups is 1. The zero-order valence-electron chi connectivity index (χ0n) is 18.3. The summed E-state index contributed by atoms with van der Waals surface area (Å²) in [4.78, 5) is 17.1. The molecule has 0 fully saturated rings. The number of rotatable bonds is 7. The number of benzene rings is 2. The third-order valence-electron chi connectivity index (χ3n) is 4.87. The highest BCUT2D eigenvalue weighted by Crippen LogP contribution is 2.21. The van der Waals surface area contributed by atoms with E-state index in [1.165, 1.54) is 40.6 Å². The molecule has 0 aliphatic heterocycles. The first-order valence-electron chi connectivity index (χ1n) is 10.2. The Balaban J connectivity index is 1.50. The maximum Gasteiger partial charge on any atom is 0.357 e. The minimum Gasteiger partial charge on any atom is -0.451 e. The van der Waals surface area contributed by atoms with Crippen LogP contribution in [0.4, 0.5) is 4.39 Å². The second-order valence-corrected chi connectivity index (χ2v) is 7.58. The molecule has 2 aromatic heterocycles. The summed E-state index contributed by atoms with van der Waals surface area (Å²) in [7, 11) is 0. The van der Waals surface area contributed by atoms with Gasteiger partial charge in [0.1, 0.15) is 5.82 Å². The number of ether oxygens (including phenoxy) is 1. The Labute approximate surface area is 188 Å². The van der Waals surface area contributed by atoms with E-state index < -0.39 is 5.97 Å². The van der Waals surface area contributed by atoms with Crippen LogP contribution in [0.15, 0.2) is 53.1 Å². The van der Waals surface area contributed by atoms with Gasteiger partial charge in [-0.25, -0.2) is 9.18 Å². The molecule has 0 aliphatic rings. The van der Waals surface area contributed by atoms with Crippen LogP contribution in [0, 0.1) is 12.7 Å². The van der Waals surface area contributed by atoms with Gasteiger partial charge in [0.2, 0.25) is 5.82 Å². The minimum absolute atomic E-state index is 0.0492. The maximum atomic E-state index is 13.2. The van der Waals surface area contributed by atoms with E-state index in [-0.39, 0.29) is 24.0 Å². The Hall–Kier alpha value is -4.21. The monoisotopic (exact) mass is 448 g/mol. The molecule has 0 unspecified atom stereocenters. The molecule has 0 amide bonds. The summed E-state index contributed by atoms with van der Waals surface area (Å²) in [6, 6.07) is 13.5. The van der Waals surface area contributed by atoms with Crippen molar-refractivity contribution in [2.75, 3.05) is 0 Å². The van der Waals surface area contributed by atoms with Gasteiger partial charge in [0.15, 0.2) is 18.1 Å². The van der Waals surface area contributed by atoms with E-state index in [4.69, 9.17) is 9.26 Å². The van der Waals surface area contributed by atoms with Crippen molar-refractivity contribution in [2.45, 2.75) is 33.3 Å². The number of hydrogen-bond acceptors (Lipinski definition) is 8. The SMILES string of the molecule is Cc1nnnn1C(=Cc1ccc(F)cc1)C(=O)OCc1nc(-c2ccc(C(C)C)cc2)no1. The van der Waals surface area contributed by atoms with Crippen molar-refractivity contribution in [1.82, 2.24) is 30.3 Å². The molecule has 168 valence electrons. The van der Waals surface area contributed by atoms with E-state index in [2.05, 4.69) is 39.5 Å². The number of esters is 1. The molecule has 33 heavy (non-hydrogen) atoms. The average molecular weight is 448 g/mol. The molecule has 0 saturated carbocycles. The van der Waals surface area contributed by atoms with Crippen LogP contribution in [-0.4, -0.2) is 36.3 Å². The van der Waals surface area contributed by atoms with Crippen LogP contribution in [-0.2, 0) is 16.1 Å². The molecule has 4 aromatic rings. The fourth-order valence-electron chi connectivity index (χ4n) is 3.03. The molecule has 2 aromatic carbocycles. The molecule has 0 spiro atoms. The largest absolute Gasteiger partial charge is 0.451 e. The fourth-order valence-corrected chi connectivity index (χ4v) is 3.03. The van der Waals surface area contributed by atoms with Crippen molar-refractivity contribution in [3.8, 4) is 11.4 Å². The zero-order valence-corrected chi connectivity index (χ0v) is 18.3. The van der Waals surface area contributed by atoms with Crippen LogP contribution in [0.25, 0.3) is 23.2 Å². The Kier molecular flexibility index (Phi) is 6.34. The summed E-state index contributed by atoms with van der Waals surface area (Å²) >= 11 is 0. The molecule has 9 nitrogen and oxygen atoms in total. The van der Waals surface area contributed by atoms with Gasteiger partial charge in [-0.2, -0.15) is 9.67 Å². The predicted molar refractivity (Wildman–Crippen MR) is 117 cm³/mol. The van der Waals surface area contributed by atoms with Gasteiger partial charge in [-0.15, -0.1) is 5.10 Å². The van der Waals surface area contributed by atoms with E-state index >= 15 is 0 Å². The van der Waals surface area contributed by atoms with Crippen LogP contribution < -0.4 is 0 Å². The van der Waals surface area contributed by atoms with Crippen LogP contribution in [0.3, 0.4) is 0 Å². The fraction of sp³-hybridized carbons (Fsp3) is 0.217. The molecule has 2 heterocycles. The van der Waals surface area contributed by atoms with Crippen LogP contribution in [0.1, 0.15) is 42.6 Å². The molecule has 0 saturated heterocycles. The summed E-state index contributed by atoms with van der Waals surface area (Å²) < 4.78 is 25.1. The number of aromatic nitrogens is 6. The molecule has 4 rings (SSSR count). The molecule has 0 radical (unpaired) electrons. The van der Waals surface area contributed by atoms with Crippen LogP contribution in [0.5, 0.6) is 0 Å². The van der Waals surface area contributed by atoms with Crippen molar-refractivity contribution in [1.29, 1.82) is 0 Å². The Morgan fingerprint density at radius 1 is 1.15 bits per heavy atom. The summed E-state index contributed by atoms with van der Waals surface area (Å²) in [6.07, 6.45) is 1.50. The molecule has 10 heteroatoms. The summed E-state index contributed by atoms with van der Waals surface area (Å²) in [5.41, 5.74) is 2.62. The zero-order chi connectivity index (χ0) is 23.4. The van der Waals surface area contributed by atoms with Crippen molar-refractivity contribution >= 4 is 17.7 Å². The van der Waals surface area contributed by atoms with E-state index in [0.29, 0.717) is 23.1 Å². The lowest BCUT2D eigenvalue weighted by Crippen LogP contribution is -2.15. The van der Waals surface area contributed by atoms with E-state index in [9.17, 15) is 9.18 Å². The molecular weight excluding hydrogens is 427 g/mol. The second-order valence-electron chi connectivity index (χ2n) is 7.58. The van der Waals surface area contributed by atoms with Crippen LogP contribution in [0.2, 0.25) is 0 Å². The summed E-state index contributed by atoms with van der Waals surface area (Å²) in [6.45, 7) is 5.63. The average Bonchev–Trinajstić information content (AvgIpc) is 3.46. The highest BCUT2D eigenvalue weighted by atomic mass is 19.1. The lowest BCUT2D eigenvalue weighted by Gasteiger charge is -2.07. The number of carbonyl (C=O) groups excluding carboxylic acids is 1. The highest BCUT2D eigenvalue weighted by molar-refractivity contribution is 6.15. The van der Waals surface area contributed by atoms with Gasteiger partial charge in [0.25, 0.3) is 5.89 Å². The van der Waals surface area contributed by atoms with Crippen molar-refractivity contribution in [3.05, 3.63) is 77.2 Å². The number of tetrazole rings is 1. The van der Waals surface area contributed by atoms with Crippen LogP contribution >= 0.6 is 0 Å². The molecule has 0 N–H and O–H groups in total. The van der Waals surface area contributed by atoms with Gasteiger partial charge in [0, 0.05) is 5.56 Å².